The van der Waals surface area contributed by atoms with Crippen LogP contribution in [-0.4, -0.2) is 22.5 Å². The molecule has 2 aromatic rings. The maximum atomic E-state index is 10.8. The van der Waals surface area contributed by atoms with Gasteiger partial charge in [0.2, 0.25) is 0 Å². The van der Waals surface area contributed by atoms with Gasteiger partial charge in [-0.25, -0.2) is 0 Å². The molecule has 0 aliphatic heterocycles. The van der Waals surface area contributed by atoms with E-state index < -0.39 is 0 Å². The minimum absolute atomic E-state index is 0.0617. The van der Waals surface area contributed by atoms with E-state index in [-0.39, 0.29) is 12.3 Å². The number of halogens is 1. The summed E-state index contributed by atoms with van der Waals surface area (Å²) in [5, 5.41) is 11.1. The molecular weight excluding hydrogens is 294 g/mol. The number of hydrogen-bond acceptors (Lipinski definition) is 4. The van der Waals surface area contributed by atoms with E-state index in [0.29, 0.717) is 5.82 Å². The Morgan fingerprint density at radius 2 is 2.00 bits per heavy atom. The van der Waals surface area contributed by atoms with Gasteiger partial charge in [0, 0.05) is 10.0 Å². The van der Waals surface area contributed by atoms with Crippen LogP contribution < -0.4 is 5.32 Å². The van der Waals surface area contributed by atoms with Crippen molar-refractivity contribution in [1.82, 2.24) is 10.2 Å². The first kappa shape index (κ1) is 12.7. The third kappa shape index (κ3) is 3.13. The molecule has 0 aliphatic rings. The highest BCUT2D eigenvalue weighted by Crippen LogP contribution is 2.25. The molecule has 0 saturated carbocycles. The monoisotopic (exact) mass is 305 g/mol. The maximum absolute atomic E-state index is 10.8. The van der Waals surface area contributed by atoms with E-state index in [9.17, 15) is 4.79 Å². The second-order valence-corrected chi connectivity index (χ2v) is 4.69. The molecule has 92 valence electrons. The number of benzene rings is 1. The third-order valence-corrected chi connectivity index (χ3v) is 3.02. The molecule has 5 heteroatoms. The van der Waals surface area contributed by atoms with Crippen LogP contribution in [0.15, 0.2) is 40.9 Å². The largest absolute Gasteiger partial charge is 0.362 e. The number of anilines is 1. The van der Waals surface area contributed by atoms with Gasteiger partial charge in [0.1, 0.15) is 11.6 Å². The second-order valence-electron chi connectivity index (χ2n) is 3.84. The molecule has 4 nitrogen and oxygen atoms in total. The normalized spacial score (nSPS) is 10.1. The van der Waals surface area contributed by atoms with Crippen LogP contribution >= 0.6 is 15.9 Å². The molecule has 1 N–H and O–H groups in total. The number of nitrogens with zero attached hydrogens (tertiary/aromatic N) is 2. The minimum Gasteiger partial charge on any atom is -0.362 e. The number of aromatic nitrogens is 2. The Morgan fingerprint density at radius 1 is 1.22 bits per heavy atom. The molecule has 0 atom stereocenters. The minimum atomic E-state index is 0.0617. The summed E-state index contributed by atoms with van der Waals surface area (Å²) in [6, 6.07) is 11.5. The van der Waals surface area contributed by atoms with E-state index in [1.807, 2.05) is 36.4 Å². The predicted octanol–water partition coefficient (Wildman–Crippen LogP) is 2.91. The van der Waals surface area contributed by atoms with Crippen molar-refractivity contribution in [3.8, 4) is 11.3 Å². The summed E-state index contributed by atoms with van der Waals surface area (Å²) in [5.74, 6) is 0.660. The first-order valence-electron chi connectivity index (χ1n) is 5.49. The molecule has 18 heavy (non-hydrogen) atoms. The number of carbonyl (C=O) groups is 1. The Balaban J connectivity index is 2.17. The fourth-order valence-corrected chi connectivity index (χ4v) is 1.94. The summed E-state index contributed by atoms with van der Waals surface area (Å²) >= 11 is 3.47. The van der Waals surface area contributed by atoms with Crippen LogP contribution in [0, 0.1) is 0 Å². The van der Waals surface area contributed by atoms with E-state index >= 15 is 0 Å². The Hall–Kier alpha value is -1.75. The lowest BCUT2D eigenvalue weighted by atomic mass is 10.1. The van der Waals surface area contributed by atoms with Gasteiger partial charge >= 0.3 is 0 Å². The van der Waals surface area contributed by atoms with Crippen molar-refractivity contribution >= 4 is 27.5 Å². The van der Waals surface area contributed by atoms with Gasteiger partial charge in [0.05, 0.1) is 12.2 Å². The summed E-state index contributed by atoms with van der Waals surface area (Å²) < 4.78 is 0.976. The van der Waals surface area contributed by atoms with Crippen LogP contribution in [0.3, 0.4) is 0 Å². The maximum Gasteiger partial charge on any atom is 0.149 e. The standard InChI is InChI=1S/C13H12BrN3O/c1-9(18)8-15-13-7-6-12(16-17-13)10-4-2-3-5-11(10)14/h2-7H,8H2,1H3,(H,15,17). The van der Waals surface area contributed by atoms with Crippen LogP contribution in [0.5, 0.6) is 0 Å². The van der Waals surface area contributed by atoms with E-state index in [1.54, 1.807) is 0 Å². The van der Waals surface area contributed by atoms with Crippen LogP contribution in [0.2, 0.25) is 0 Å². The van der Waals surface area contributed by atoms with Crippen LogP contribution in [0.4, 0.5) is 5.82 Å². The quantitative estimate of drug-likeness (QED) is 0.943. The van der Waals surface area contributed by atoms with E-state index in [2.05, 4.69) is 31.4 Å². The molecule has 0 fully saturated rings. The van der Waals surface area contributed by atoms with Gasteiger partial charge in [0.25, 0.3) is 0 Å². The number of rotatable bonds is 4. The Kier molecular flexibility index (Phi) is 4.04. The van der Waals surface area contributed by atoms with E-state index in [4.69, 9.17) is 0 Å². The fourth-order valence-electron chi connectivity index (χ4n) is 1.45. The average Bonchev–Trinajstić information content (AvgIpc) is 2.38. The number of hydrogen-bond donors (Lipinski definition) is 1. The first-order valence-corrected chi connectivity index (χ1v) is 6.28. The molecule has 0 aliphatic carbocycles. The molecule has 1 aromatic heterocycles. The average molecular weight is 306 g/mol. The smallest absolute Gasteiger partial charge is 0.149 e. The van der Waals surface area contributed by atoms with Crippen LogP contribution in [0.25, 0.3) is 11.3 Å². The highest BCUT2D eigenvalue weighted by Gasteiger charge is 2.04. The number of carbonyl (C=O) groups excluding carboxylic acids is 1. The van der Waals surface area contributed by atoms with Gasteiger partial charge in [0.15, 0.2) is 0 Å². The van der Waals surface area contributed by atoms with Gasteiger partial charge in [-0.1, -0.05) is 34.1 Å². The zero-order chi connectivity index (χ0) is 13.0. The summed E-state index contributed by atoms with van der Waals surface area (Å²) in [6.07, 6.45) is 0. The summed E-state index contributed by atoms with van der Waals surface area (Å²) in [5.41, 5.74) is 1.78. The lowest BCUT2D eigenvalue weighted by Crippen LogP contribution is -2.11. The highest BCUT2D eigenvalue weighted by molar-refractivity contribution is 9.10. The van der Waals surface area contributed by atoms with Crippen molar-refractivity contribution in [2.24, 2.45) is 0 Å². The summed E-state index contributed by atoms with van der Waals surface area (Å²) in [4.78, 5) is 10.8. The first-order chi connectivity index (χ1) is 8.66. The van der Waals surface area contributed by atoms with E-state index in [0.717, 1.165) is 15.7 Å². The molecule has 0 amide bonds. The zero-order valence-electron chi connectivity index (χ0n) is 9.85. The number of nitrogens with one attached hydrogen (secondary N) is 1. The molecule has 1 heterocycles. The Bertz CT molecular complexity index is 554. The van der Waals surface area contributed by atoms with Crippen molar-refractivity contribution < 1.29 is 4.79 Å². The molecule has 0 spiro atoms. The summed E-state index contributed by atoms with van der Waals surface area (Å²) in [6.45, 7) is 1.79. The zero-order valence-corrected chi connectivity index (χ0v) is 11.4. The van der Waals surface area contributed by atoms with Gasteiger partial charge in [-0.3, -0.25) is 4.79 Å². The van der Waals surface area contributed by atoms with E-state index in [1.165, 1.54) is 6.92 Å². The van der Waals surface area contributed by atoms with Crippen molar-refractivity contribution in [2.75, 3.05) is 11.9 Å². The molecule has 0 unspecified atom stereocenters. The van der Waals surface area contributed by atoms with Gasteiger partial charge < -0.3 is 5.32 Å². The lowest BCUT2D eigenvalue weighted by molar-refractivity contribution is -0.115. The topological polar surface area (TPSA) is 54.9 Å². The molecular formula is C13H12BrN3O. The highest BCUT2D eigenvalue weighted by atomic mass is 79.9. The summed E-state index contributed by atoms with van der Waals surface area (Å²) in [7, 11) is 0. The van der Waals surface area contributed by atoms with Gasteiger partial charge in [-0.2, -0.15) is 0 Å². The predicted molar refractivity (Wildman–Crippen MR) is 74.3 cm³/mol. The van der Waals surface area contributed by atoms with Gasteiger partial charge in [-0.05, 0) is 25.1 Å². The van der Waals surface area contributed by atoms with Crippen molar-refractivity contribution in [3.63, 3.8) is 0 Å². The third-order valence-electron chi connectivity index (χ3n) is 2.33. The number of Topliss-reactive ketones (excluding diaryl/α,β-unsaturated/α-hetero) is 1. The van der Waals surface area contributed by atoms with Crippen molar-refractivity contribution in [2.45, 2.75) is 6.92 Å². The second kappa shape index (κ2) is 5.73. The van der Waals surface area contributed by atoms with Gasteiger partial charge in [-0.15, -0.1) is 10.2 Å². The fraction of sp³-hybridized carbons (Fsp3) is 0.154. The molecule has 0 bridgehead atoms. The molecule has 0 saturated heterocycles. The molecule has 0 radical (unpaired) electrons. The molecule has 2 rings (SSSR count). The SMILES string of the molecule is CC(=O)CNc1ccc(-c2ccccc2Br)nn1. The lowest BCUT2D eigenvalue weighted by Gasteiger charge is -2.05. The number of ketones is 1. The van der Waals surface area contributed by atoms with Crippen molar-refractivity contribution in [1.29, 1.82) is 0 Å². The Labute approximate surface area is 114 Å². The van der Waals surface area contributed by atoms with Crippen LogP contribution in [0.1, 0.15) is 6.92 Å². The van der Waals surface area contributed by atoms with Crippen LogP contribution in [-0.2, 0) is 4.79 Å². The van der Waals surface area contributed by atoms with Crippen molar-refractivity contribution in [3.05, 3.63) is 40.9 Å². The Morgan fingerprint density at radius 3 is 2.61 bits per heavy atom. The molecule has 1 aromatic carbocycles.